The molecule has 0 bridgehead atoms. The minimum Gasteiger partial charge on any atom is -0.357 e. The average Bonchev–Trinajstić information content (AvgIpc) is 2.97. The standard InChI is InChI=1S/C20H39N7O.HI/c1-6-21-19(23-12-15-25(16(2)3)17(4)5)22-11-9-14-27-20(28)26-13-8-7-10-18(26)24-27;/h16-17H,6-15H2,1-5H3,(H2,21,22,23);1H. The summed E-state index contributed by atoms with van der Waals surface area (Å²) in [6.45, 7) is 15.8. The second-order valence-corrected chi connectivity index (χ2v) is 8.00. The molecule has 0 saturated carbocycles. The molecule has 168 valence electrons. The van der Waals surface area contributed by atoms with E-state index >= 15 is 0 Å². The van der Waals surface area contributed by atoms with Gasteiger partial charge in [-0.2, -0.15) is 5.10 Å². The first kappa shape index (κ1) is 25.9. The summed E-state index contributed by atoms with van der Waals surface area (Å²) in [5.74, 6) is 1.78. The summed E-state index contributed by atoms with van der Waals surface area (Å²) in [6, 6.07) is 1.06. The normalized spacial score (nSPS) is 14.3. The van der Waals surface area contributed by atoms with E-state index in [1.54, 1.807) is 4.68 Å². The van der Waals surface area contributed by atoms with Crippen molar-refractivity contribution >= 4 is 29.9 Å². The number of halogens is 1. The van der Waals surface area contributed by atoms with Crippen molar-refractivity contribution in [3.8, 4) is 0 Å². The lowest BCUT2D eigenvalue weighted by molar-refractivity contribution is 0.178. The van der Waals surface area contributed by atoms with E-state index in [-0.39, 0.29) is 29.7 Å². The van der Waals surface area contributed by atoms with Gasteiger partial charge in [0, 0.05) is 57.8 Å². The van der Waals surface area contributed by atoms with Crippen LogP contribution in [0.1, 0.15) is 59.7 Å². The molecule has 0 aromatic carbocycles. The number of hydrogen-bond acceptors (Lipinski definition) is 4. The number of hydrogen-bond donors (Lipinski definition) is 2. The lowest BCUT2D eigenvalue weighted by Gasteiger charge is -2.30. The number of aromatic nitrogens is 3. The summed E-state index contributed by atoms with van der Waals surface area (Å²) >= 11 is 0. The number of nitrogens with zero attached hydrogens (tertiary/aromatic N) is 5. The highest BCUT2D eigenvalue weighted by molar-refractivity contribution is 14.0. The van der Waals surface area contributed by atoms with Crippen LogP contribution in [0.3, 0.4) is 0 Å². The molecule has 2 rings (SSSR count). The maximum absolute atomic E-state index is 12.4. The Bertz CT molecular complexity index is 673. The van der Waals surface area contributed by atoms with E-state index in [9.17, 15) is 4.79 Å². The zero-order valence-corrected chi connectivity index (χ0v) is 21.1. The van der Waals surface area contributed by atoms with Gasteiger partial charge in [-0.3, -0.25) is 14.5 Å². The van der Waals surface area contributed by atoms with Gasteiger partial charge in [0.25, 0.3) is 0 Å². The van der Waals surface area contributed by atoms with Crippen molar-refractivity contribution in [2.45, 2.75) is 85.5 Å². The fourth-order valence-corrected chi connectivity index (χ4v) is 3.76. The summed E-state index contributed by atoms with van der Waals surface area (Å²) in [7, 11) is 0. The van der Waals surface area contributed by atoms with Gasteiger partial charge in [0.2, 0.25) is 0 Å². The lowest BCUT2D eigenvalue weighted by atomic mass is 10.2. The minimum atomic E-state index is 0. The third-order valence-corrected chi connectivity index (χ3v) is 5.16. The highest BCUT2D eigenvalue weighted by Gasteiger charge is 2.16. The monoisotopic (exact) mass is 521 g/mol. The molecule has 0 unspecified atom stereocenters. The lowest BCUT2D eigenvalue weighted by Crippen LogP contribution is -2.45. The molecule has 8 nitrogen and oxygen atoms in total. The Balaban J connectivity index is 0.00000420. The van der Waals surface area contributed by atoms with E-state index in [1.807, 2.05) is 4.57 Å². The molecule has 1 aliphatic rings. The molecular formula is C20H40IN7O. The fourth-order valence-electron chi connectivity index (χ4n) is 3.76. The topological polar surface area (TPSA) is 79.5 Å². The Kier molecular flexibility index (Phi) is 11.9. The molecule has 2 N–H and O–H groups in total. The van der Waals surface area contributed by atoms with E-state index < -0.39 is 0 Å². The predicted octanol–water partition coefficient (Wildman–Crippen LogP) is 2.06. The average molecular weight is 521 g/mol. The SMILES string of the molecule is CCNC(=NCCCn1nc2n(c1=O)CCCC2)NCCN(C(C)C)C(C)C.I. The quantitative estimate of drug-likeness (QED) is 0.213. The van der Waals surface area contributed by atoms with Crippen LogP contribution in [0.25, 0.3) is 0 Å². The van der Waals surface area contributed by atoms with E-state index in [1.165, 1.54) is 0 Å². The molecule has 9 heteroatoms. The van der Waals surface area contributed by atoms with E-state index in [4.69, 9.17) is 0 Å². The number of guanidine groups is 1. The van der Waals surface area contributed by atoms with Crippen molar-refractivity contribution in [3.05, 3.63) is 16.3 Å². The van der Waals surface area contributed by atoms with Gasteiger partial charge < -0.3 is 10.6 Å². The van der Waals surface area contributed by atoms with Crippen molar-refractivity contribution in [2.75, 3.05) is 26.2 Å². The van der Waals surface area contributed by atoms with E-state index in [0.29, 0.717) is 25.2 Å². The van der Waals surface area contributed by atoms with Crippen molar-refractivity contribution in [2.24, 2.45) is 4.99 Å². The van der Waals surface area contributed by atoms with Crippen LogP contribution in [0.2, 0.25) is 0 Å². The van der Waals surface area contributed by atoms with Crippen LogP contribution in [0, 0.1) is 0 Å². The number of fused-ring (bicyclic) bond motifs is 1. The molecule has 0 amide bonds. The van der Waals surface area contributed by atoms with Crippen LogP contribution in [-0.4, -0.2) is 63.5 Å². The van der Waals surface area contributed by atoms with Gasteiger partial charge in [0.15, 0.2) is 5.96 Å². The summed E-state index contributed by atoms with van der Waals surface area (Å²) in [5, 5.41) is 11.2. The number of aryl methyl sites for hydroxylation is 2. The number of nitrogens with one attached hydrogen (secondary N) is 2. The highest BCUT2D eigenvalue weighted by atomic mass is 127. The van der Waals surface area contributed by atoms with Gasteiger partial charge in [0.1, 0.15) is 5.82 Å². The Morgan fingerprint density at radius 3 is 2.55 bits per heavy atom. The molecule has 0 atom stereocenters. The van der Waals surface area contributed by atoms with Gasteiger partial charge in [0.05, 0.1) is 0 Å². The summed E-state index contributed by atoms with van der Waals surface area (Å²) in [5.41, 5.74) is 0.0335. The molecule has 2 heterocycles. The summed E-state index contributed by atoms with van der Waals surface area (Å²) in [6.07, 6.45) is 3.92. The molecule has 0 radical (unpaired) electrons. The zero-order chi connectivity index (χ0) is 20.5. The van der Waals surface area contributed by atoms with Gasteiger partial charge in [-0.1, -0.05) is 0 Å². The van der Waals surface area contributed by atoms with E-state index in [0.717, 1.165) is 63.6 Å². The molecule has 0 saturated heterocycles. The molecule has 29 heavy (non-hydrogen) atoms. The summed E-state index contributed by atoms with van der Waals surface area (Å²) in [4.78, 5) is 19.5. The zero-order valence-electron chi connectivity index (χ0n) is 18.8. The highest BCUT2D eigenvalue weighted by Crippen LogP contribution is 2.09. The van der Waals surface area contributed by atoms with Gasteiger partial charge >= 0.3 is 5.69 Å². The first-order chi connectivity index (χ1) is 13.4. The summed E-state index contributed by atoms with van der Waals surface area (Å²) < 4.78 is 3.44. The van der Waals surface area contributed by atoms with Gasteiger partial charge in [-0.05, 0) is 53.9 Å². The van der Waals surface area contributed by atoms with Gasteiger partial charge in [-0.25, -0.2) is 9.48 Å². The molecular weight excluding hydrogens is 481 g/mol. The van der Waals surface area contributed by atoms with Gasteiger partial charge in [-0.15, -0.1) is 24.0 Å². The second-order valence-electron chi connectivity index (χ2n) is 8.00. The van der Waals surface area contributed by atoms with Crippen molar-refractivity contribution in [3.63, 3.8) is 0 Å². The van der Waals surface area contributed by atoms with Crippen LogP contribution in [-0.2, 0) is 19.5 Å². The second kappa shape index (κ2) is 13.3. The molecule has 0 fully saturated rings. The third kappa shape index (κ3) is 7.92. The van der Waals surface area contributed by atoms with Crippen LogP contribution in [0.4, 0.5) is 0 Å². The number of aliphatic imine (C=N–C) groups is 1. The Hall–Kier alpha value is -1.10. The van der Waals surface area contributed by atoms with Crippen molar-refractivity contribution in [1.29, 1.82) is 0 Å². The first-order valence-corrected chi connectivity index (χ1v) is 10.9. The third-order valence-electron chi connectivity index (χ3n) is 5.16. The van der Waals surface area contributed by atoms with Crippen molar-refractivity contribution in [1.82, 2.24) is 29.9 Å². The fraction of sp³-hybridized carbons (Fsp3) is 0.850. The van der Waals surface area contributed by atoms with Crippen molar-refractivity contribution < 1.29 is 0 Å². The Labute approximate surface area is 192 Å². The maximum atomic E-state index is 12.4. The van der Waals surface area contributed by atoms with Crippen LogP contribution in [0.15, 0.2) is 9.79 Å². The Morgan fingerprint density at radius 1 is 1.21 bits per heavy atom. The van der Waals surface area contributed by atoms with Crippen LogP contribution in [0.5, 0.6) is 0 Å². The van der Waals surface area contributed by atoms with Crippen LogP contribution < -0.4 is 16.3 Å². The smallest absolute Gasteiger partial charge is 0.345 e. The minimum absolute atomic E-state index is 0. The molecule has 1 aliphatic heterocycles. The molecule has 1 aromatic rings. The van der Waals surface area contributed by atoms with Crippen LogP contribution >= 0.6 is 24.0 Å². The predicted molar refractivity (Wildman–Crippen MR) is 130 cm³/mol. The Morgan fingerprint density at radius 2 is 1.93 bits per heavy atom. The van der Waals surface area contributed by atoms with E-state index in [2.05, 4.69) is 60.2 Å². The maximum Gasteiger partial charge on any atom is 0.345 e. The molecule has 1 aromatic heterocycles. The number of rotatable bonds is 10. The molecule has 0 aliphatic carbocycles. The first-order valence-electron chi connectivity index (χ1n) is 10.9. The molecule has 0 spiro atoms. The largest absolute Gasteiger partial charge is 0.357 e.